The minimum atomic E-state index is -0.314. The number of hydrogen-bond donors (Lipinski definition) is 1. The first-order valence-corrected chi connectivity index (χ1v) is 9.19. The van der Waals surface area contributed by atoms with E-state index in [1.165, 1.54) is 0 Å². The van der Waals surface area contributed by atoms with Crippen LogP contribution in [0.3, 0.4) is 0 Å². The fourth-order valence-corrected chi connectivity index (χ4v) is 3.55. The van der Waals surface area contributed by atoms with E-state index in [1.54, 1.807) is 15.5 Å². The highest BCUT2D eigenvalue weighted by atomic mass is 16.2. The minimum Gasteiger partial charge on any atom is -0.336 e. The van der Waals surface area contributed by atoms with Crippen molar-refractivity contribution in [1.29, 1.82) is 0 Å². The molecule has 0 spiro atoms. The van der Waals surface area contributed by atoms with Gasteiger partial charge in [-0.05, 0) is 50.5 Å². The molecule has 1 saturated heterocycles. The lowest BCUT2D eigenvalue weighted by molar-refractivity contribution is 0.0780. The summed E-state index contributed by atoms with van der Waals surface area (Å²) >= 11 is 0. The van der Waals surface area contributed by atoms with Gasteiger partial charge in [-0.25, -0.2) is 4.98 Å². The summed E-state index contributed by atoms with van der Waals surface area (Å²) in [6.45, 7) is 5.45. The van der Waals surface area contributed by atoms with Crippen molar-refractivity contribution in [3.05, 3.63) is 65.2 Å². The Balaban J connectivity index is 1.71. The average Bonchev–Trinajstić information content (AvgIpc) is 3.31. The van der Waals surface area contributed by atoms with Gasteiger partial charge < -0.3 is 10.2 Å². The Bertz CT molecular complexity index is 1030. The Morgan fingerprint density at radius 3 is 2.59 bits per heavy atom. The predicted octanol–water partition coefficient (Wildman–Crippen LogP) is 3.44. The van der Waals surface area contributed by atoms with E-state index < -0.39 is 0 Å². The normalized spacial score (nSPS) is 13.9. The average molecular weight is 362 g/mol. The molecule has 0 unspecified atom stereocenters. The summed E-state index contributed by atoms with van der Waals surface area (Å²) in [5.74, 6) is -0.149. The van der Waals surface area contributed by atoms with Crippen LogP contribution in [0.5, 0.6) is 0 Å². The molecule has 0 radical (unpaired) electrons. The zero-order valence-electron chi connectivity index (χ0n) is 15.5. The first-order valence-electron chi connectivity index (χ1n) is 9.19. The molecular formula is C21H22N4O2. The van der Waals surface area contributed by atoms with Crippen LogP contribution in [0, 0.1) is 13.8 Å². The van der Waals surface area contributed by atoms with E-state index in [9.17, 15) is 9.59 Å². The molecule has 1 N–H and O–H groups in total. The number of aryl methyl sites for hydroxylation is 2. The van der Waals surface area contributed by atoms with Crippen LogP contribution in [0.15, 0.2) is 42.6 Å². The standard InChI is InChI=1S/C21H22N4O2/c1-14-8-9-16(15(2)13-14)22-20(26)18-17-7-3-4-12-25(17)19(23-18)21(27)24-10-5-6-11-24/h3-4,7-9,12-13H,5-6,10-11H2,1-2H3,(H,22,26). The molecule has 6 heteroatoms. The number of aromatic nitrogens is 2. The minimum absolute atomic E-state index is 0.126. The fourth-order valence-electron chi connectivity index (χ4n) is 3.55. The second-order valence-corrected chi connectivity index (χ2v) is 7.01. The summed E-state index contributed by atoms with van der Waals surface area (Å²) in [6.07, 6.45) is 3.80. The van der Waals surface area contributed by atoms with Crippen molar-refractivity contribution in [2.24, 2.45) is 0 Å². The zero-order chi connectivity index (χ0) is 19.0. The number of anilines is 1. The van der Waals surface area contributed by atoms with Gasteiger partial charge in [0.15, 0.2) is 5.69 Å². The van der Waals surface area contributed by atoms with Gasteiger partial charge in [0.1, 0.15) is 0 Å². The van der Waals surface area contributed by atoms with Crippen LogP contribution in [0.4, 0.5) is 5.69 Å². The number of hydrogen-bond acceptors (Lipinski definition) is 3. The first-order chi connectivity index (χ1) is 13.0. The van der Waals surface area contributed by atoms with E-state index in [0.717, 1.165) is 42.7 Å². The number of benzene rings is 1. The van der Waals surface area contributed by atoms with Gasteiger partial charge >= 0.3 is 0 Å². The van der Waals surface area contributed by atoms with Crippen LogP contribution in [-0.4, -0.2) is 39.2 Å². The molecule has 0 bridgehead atoms. The fraction of sp³-hybridized carbons (Fsp3) is 0.286. The van der Waals surface area contributed by atoms with Gasteiger partial charge in [0.25, 0.3) is 11.8 Å². The molecule has 138 valence electrons. The van der Waals surface area contributed by atoms with Gasteiger partial charge in [0, 0.05) is 25.0 Å². The van der Waals surface area contributed by atoms with Gasteiger partial charge in [-0.2, -0.15) is 0 Å². The Morgan fingerprint density at radius 2 is 1.85 bits per heavy atom. The van der Waals surface area contributed by atoms with Gasteiger partial charge in [-0.15, -0.1) is 0 Å². The Kier molecular flexibility index (Phi) is 4.39. The largest absolute Gasteiger partial charge is 0.336 e. The molecule has 1 aliphatic rings. The second kappa shape index (κ2) is 6.87. The van der Waals surface area contributed by atoms with Crippen molar-refractivity contribution in [3.8, 4) is 0 Å². The van der Waals surface area contributed by atoms with Crippen molar-refractivity contribution in [3.63, 3.8) is 0 Å². The third-order valence-electron chi connectivity index (χ3n) is 4.98. The van der Waals surface area contributed by atoms with Crippen molar-refractivity contribution in [2.75, 3.05) is 18.4 Å². The molecule has 27 heavy (non-hydrogen) atoms. The van der Waals surface area contributed by atoms with Crippen LogP contribution in [0.25, 0.3) is 5.52 Å². The molecule has 4 rings (SSSR count). The highest BCUT2D eigenvalue weighted by Gasteiger charge is 2.26. The number of fused-ring (bicyclic) bond motifs is 1. The summed E-state index contributed by atoms with van der Waals surface area (Å²) in [7, 11) is 0. The quantitative estimate of drug-likeness (QED) is 0.776. The van der Waals surface area contributed by atoms with E-state index in [-0.39, 0.29) is 17.5 Å². The van der Waals surface area contributed by atoms with Gasteiger partial charge in [-0.1, -0.05) is 23.8 Å². The van der Waals surface area contributed by atoms with Crippen molar-refractivity contribution >= 4 is 23.0 Å². The summed E-state index contributed by atoms with van der Waals surface area (Å²) in [6, 6.07) is 11.3. The molecule has 0 aliphatic carbocycles. The molecular weight excluding hydrogens is 340 g/mol. The second-order valence-electron chi connectivity index (χ2n) is 7.01. The van der Waals surface area contributed by atoms with Crippen molar-refractivity contribution < 1.29 is 9.59 Å². The van der Waals surface area contributed by atoms with E-state index >= 15 is 0 Å². The van der Waals surface area contributed by atoms with Gasteiger partial charge in [0.2, 0.25) is 5.82 Å². The number of likely N-dealkylation sites (tertiary alicyclic amines) is 1. The Labute approximate surface area is 157 Å². The summed E-state index contributed by atoms with van der Waals surface area (Å²) < 4.78 is 1.71. The van der Waals surface area contributed by atoms with Gasteiger partial charge in [-0.3, -0.25) is 14.0 Å². The van der Waals surface area contributed by atoms with Crippen LogP contribution in [0.2, 0.25) is 0 Å². The highest BCUT2D eigenvalue weighted by Crippen LogP contribution is 2.21. The van der Waals surface area contributed by atoms with Crippen LogP contribution in [0.1, 0.15) is 45.1 Å². The molecule has 1 fully saturated rings. The van der Waals surface area contributed by atoms with Gasteiger partial charge in [0.05, 0.1) is 5.52 Å². The number of nitrogens with zero attached hydrogens (tertiary/aromatic N) is 3. The van der Waals surface area contributed by atoms with Crippen molar-refractivity contribution in [2.45, 2.75) is 26.7 Å². The van der Waals surface area contributed by atoms with E-state index in [2.05, 4.69) is 10.3 Å². The maximum Gasteiger partial charge on any atom is 0.290 e. The maximum absolute atomic E-state index is 12.9. The maximum atomic E-state index is 12.9. The molecule has 2 aromatic heterocycles. The number of amides is 2. The summed E-state index contributed by atoms with van der Waals surface area (Å²) in [5, 5.41) is 2.93. The number of imidazole rings is 1. The molecule has 3 heterocycles. The number of rotatable bonds is 3. The number of carbonyl (C=O) groups excluding carboxylic acids is 2. The van der Waals surface area contributed by atoms with E-state index in [0.29, 0.717) is 11.3 Å². The molecule has 0 saturated carbocycles. The van der Waals surface area contributed by atoms with E-state index in [1.807, 2.05) is 50.2 Å². The third-order valence-corrected chi connectivity index (χ3v) is 4.98. The Morgan fingerprint density at radius 1 is 1.07 bits per heavy atom. The van der Waals surface area contributed by atoms with Crippen LogP contribution in [-0.2, 0) is 0 Å². The number of carbonyl (C=O) groups is 2. The third kappa shape index (κ3) is 3.18. The molecule has 3 aromatic rings. The molecule has 1 aliphatic heterocycles. The van der Waals surface area contributed by atoms with Crippen LogP contribution >= 0.6 is 0 Å². The molecule has 6 nitrogen and oxygen atoms in total. The van der Waals surface area contributed by atoms with Crippen molar-refractivity contribution in [1.82, 2.24) is 14.3 Å². The monoisotopic (exact) mass is 362 g/mol. The van der Waals surface area contributed by atoms with E-state index in [4.69, 9.17) is 0 Å². The zero-order valence-corrected chi connectivity index (χ0v) is 15.5. The van der Waals surface area contributed by atoms with Crippen LogP contribution < -0.4 is 5.32 Å². The SMILES string of the molecule is Cc1ccc(NC(=O)c2nc(C(=O)N3CCCC3)n3ccccc23)c(C)c1. The lowest BCUT2D eigenvalue weighted by Gasteiger charge is -2.13. The number of pyridine rings is 1. The molecule has 0 atom stereocenters. The highest BCUT2D eigenvalue weighted by molar-refractivity contribution is 6.09. The smallest absolute Gasteiger partial charge is 0.290 e. The predicted molar refractivity (Wildman–Crippen MR) is 104 cm³/mol. The lowest BCUT2D eigenvalue weighted by Crippen LogP contribution is -2.29. The molecule has 1 aromatic carbocycles. The number of nitrogens with one attached hydrogen (secondary N) is 1. The summed E-state index contributed by atoms with van der Waals surface area (Å²) in [5.41, 5.74) is 3.76. The summed E-state index contributed by atoms with van der Waals surface area (Å²) in [4.78, 5) is 32.0. The lowest BCUT2D eigenvalue weighted by atomic mass is 10.1. The topological polar surface area (TPSA) is 66.7 Å². The first kappa shape index (κ1) is 17.3. The Hall–Kier alpha value is -3.15. The molecule has 2 amide bonds.